The number of fused-ring (bicyclic) bond motifs is 1. The van der Waals surface area contributed by atoms with Crippen molar-refractivity contribution in [1.82, 2.24) is 30.1 Å². The monoisotopic (exact) mass is 462 g/mol. The number of aryl methyl sites for hydroxylation is 2. The molecule has 1 aromatic carbocycles. The molecule has 1 atom stereocenters. The Kier molecular flexibility index (Phi) is 6.70. The Balaban J connectivity index is 1.78. The Bertz CT molecular complexity index is 1320. The van der Waals surface area contributed by atoms with Gasteiger partial charge in [0.15, 0.2) is 5.82 Å². The fourth-order valence-electron chi connectivity index (χ4n) is 4.53. The number of tetrazole rings is 1. The van der Waals surface area contributed by atoms with Crippen molar-refractivity contribution >= 4 is 10.9 Å². The molecule has 4 aromatic rings. The van der Waals surface area contributed by atoms with E-state index in [9.17, 15) is 4.79 Å². The number of nitrogens with zero attached hydrogens (tertiary/aromatic N) is 5. The first-order chi connectivity index (χ1) is 16.2. The predicted octanol–water partition coefficient (Wildman–Crippen LogP) is 5.02. The third-order valence-corrected chi connectivity index (χ3v) is 6.74. The van der Waals surface area contributed by atoms with E-state index in [1.54, 1.807) is 6.26 Å². The Morgan fingerprint density at radius 1 is 1.18 bits per heavy atom. The van der Waals surface area contributed by atoms with Crippen molar-refractivity contribution in [2.24, 2.45) is 0 Å². The summed E-state index contributed by atoms with van der Waals surface area (Å²) >= 11 is 0. The lowest BCUT2D eigenvalue weighted by atomic mass is 10.0. The molecule has 34 heavy (non-hydrogen) atoms. The molecule has 0 radical (unpaired) electrons. The van der Waals surface area contributed by atoms with Gasteiger partial charge in [0.2, 0.25) is 0 Å². The molecule has 0 saturated carbocycles. The molecule has 0 aliphatic heterocycles. The first-order valence-corrected chi connectivity index (χ1v) is 11.9. The van der Waals surface area contributed by atoms with Gasteiger partial charge < -0.3 is 9.40 Å². The molecule has 4 rings (SSSR count). The van der Waals surface area contributed by atoms with Crippen LogP contribution < -0.4 is 5.56 Å². The van der Waals surface area contributed by atoms with Crippen molar-refractivity contribution in [3.63, 3.8) is 0 Å². The average molecular weight is 463 g/mol. The van der Waals surface area contributed by atoms with Gasteiger partial charge in [-0.3, -0.25) is 9.69 Å². The minimum Gasteiger partial charge on any atom is -0.468 e. The molecule has 0 amide bonds. The van der Waals surface area contributed by atoms with E-state index in [1.807, 2.05) is 29.8 Å². The maximum atomic E-state index is 13.1. The van der Waals surface area contributed by atoms with Crippen molar-refractivity contribution in [2.45, 2.75) is 79.1 Å². The summed E-state index contributed by atoms with van der Waals surface area (Å²) in [7, 11) is 0. The van der Waals surface area contributed by atoms with Crippen LogP contribution in [0.3, 0.4) is 0 Å². The minimum atomic E-state index is -0.224. The molecule has 180 valence electrons. The second-order valence-corrected chi connectivity index (χ2v) is 9.69. The van der Waals surface area contributed by atoms with Gasteiger partial charge in [-0.25, -0.2) is 4.68 Å². The van der Waals surface area contributed by atoms with Gasteiger partial charge >= 0.3 is 0 Å². The smallest absolute Gasteiger partial charge is 0.252 e. The molecule has 1 N–H and O–H groups in total. The molecule has 0 fully saturated rings. The van der Waals surface area contributed by atoms with Crippen molar-refractivity contribution in [1.29, 1.82) is 0 Å². The molecule has 0 spiro atoms. The van der Waals surface area contributed by atoms with Gasteiger partial charge in [0.25, 0.3) is 5.56 Å². The highest BCUT2D eigenvalue weighted by atomic mass is 16.3. The number of H-pyrrole nitrogens is 1. The molecule has 3 aromatic heterocycles. The van der Waals surface area contributed by atoms with Crippen LogP contribution in [0.25, 0.3) is 10.9 Å². The lowest BCUT2D eigenvalue weighted by Crippen LogP contribution is -2.36. The number of nitrogens with one attached hydrogen (secondary N) is 1. The van der Waals surface area contributed by atoms with Crippen LogP contribution in [0, 0.1) is 13.8 Å². The summed E-state index contributed by atoms with van der Waals surface area (Å²) in [5, 5.41) is 13.8. The zero-order valence-electron chi connectivity index (χ0n) is 20.9. The van der Waals surface area contributed by atoms with E-state index in [1.165, 1.54) is 5.56 Å². The largest absolute Gasteiger partial charge is 0.468 e. The van der Waals surface area contributed by atoms with Gasteiger partial charge in [0.05, 0.1) is 29.9 Å². The Morgan fingerprint density at radius 3 is 2.65 bits per heavy atom. The fraction of sp³-hybridized carbons (Fsp3) is 0.462. The molecule has 0 bridgehead atoms. The van der Waals surface area contributed by atoms with Gasteiger partial charge in [-0.05, 0) is 86.2 Å². The van der Waals surface area contributed by atoms with Gasteiger partial charge in [-0.1, -0.05) is 25.5 Å². The molecule has 8 heteroatoms. The van der Waals surface area contributed by atoms with Crippen LogP contribution in [-0.4, -0.2) is 30.1 Å². The topological polar surface area (TPSA) is 92.8 Å². The van der Waals surface area contributed by atoms with Gasteiger partial charge in [-0.2, -0.15) is 0 Å². The van der Waals surface area contributed by atoms with Crippen molar-refractivity contribution in [3.05, 3.63) is 75.2 Å². The molecule has 3 heterocycles. The van der Waals surface area contributed by atoms with Gasteiger partial charge in [-0.15, -0.1) is 5.10 Å². The quantitative estimate of drug-likeness (QED) is 0.375. The highest BCUT2D eigenvalue weighted by Crippen LogP contribution is 2.30. The van der Waals surface area contributed by atoms with E-state index in [-0.39, 0.29) is 17.1 Å². The second-order valence-electron chi connectivity index (χ2n) is 9.69. The standard InChI is InChI=1S/C26H34N6O2/c1-7-22(24-28-29-30-32(24)26(5,6)8-2)31(16-21-10-9-11-34-21)15-20-14-19-13-17(3)12-18(4)23(19)27-25(20)33/h9-14,22H,7-8,15-16H2,1-6H3,(H,27,33)/t22-/m0/s1. The SMILES string of the molecule is CC[C@@H](c1nnnn1C(C)(C)CC)N(Cc1ccco1)Cc1cc2cc(C)cc(C)c2[nH]c1=O. The first-order valence-electron chi connectivity index (χ1n) is 11.9. The Labute approximate surface area is 200 Å². The van der Waals surface area contributed by atoms with Crippen LogP contribution in [-0.2, 0) is 18.6 Å². The Hall–Kier alpha value is -3.26. The summed E-state index contributed by atoms with van der Waals surface area (Å²) in [6.45, 7) is 13.6. The molecule has 8 nitrogen and oxygen atoms in total. The number of rotatable bonds is 9. The summed E-state index contributed by atoms with van der Waals surface area (Å²) in [5.41, 5.74) is 3.53. The van der Waals surface area contributed by atoms with Gasteiger partial charge in [0.1, 0.15) is 5.76 Å². The van der Waals surface area contributed by atoms with E-state index in [2.05, 4.69) is 72.2 Å². The van der Waals surface area contributed by atoms with E-state index in [4.69, 9.17) is 4.42 Å². The maximum absolute atomic E-state index is 13.1. The normalized spacial score (nSPS) is 13.1. The molecular formula is C26H34N6O2. The lowest BCUT2D eigenvalue weighted by molar-refractivity contribution is 0.140. The van der Waals surface area contributed by atoms with E-state index >= 15 is 0 Å². The maximum Gasteiger partial charge on any atom is 0.252 e. The number of hydrogen-bond donors (Lipinski definition) is 1. The zero-order chi connectivity index (χ0) is 24.5. The summed E-state index contributed by atoms with van der Waals surface area (Å²) < 4.78 is 7.60. The lowest BCUT2D eigenvalue weighted by Gasteiger charge is -2.32. The third kappa shape index (κ3) is 4.68. The first kappa shape index (κ1) is 23.9. The second kappa shape index (κ2) is 9.54. The summed E-state index contributed by atoms with van der Waals surface area (Å²) in [6.07, 6.45) is 3.35. The fourth-order valence-corrected chi connectivity index (χ4v) is 4.53. The number of aromatic amines is 1. The van der Waals surface area contributed by atoms with Crippen LogP contribution in [0.1, 0.15) is 74.9 Å². The van der Waals surface area contributed by atoms with Crippen molar-refractivity contribution in [2.75, 3.05) is 0 Å². The molecule has 0 unspecified atom stereocenters. The van der Waals surface area contributed by atoms with Crippen LogP contribution in [0.2, 0.25) is 0 Å². The molecule has 0 aliphatic carbocycles. The highest BCUT2D eigenvalue weighted by Gasteiger charge is 2.31. The highest BCUT2D eigenvalue weighted by molar-refractivity contribution is 5.82. The van der Waals surface area contributed by atoms with Crippen molar-refractivity contribution in [3.8, 4) is 0 Å². The number of benzene rings is 1. The number of furan rings is 1. The zero-order valence-corrected chi connectivity index (χ0v) is 20.9. The summed E-state index contributed by atoms with van der Waals surface area (Å²) in [4.78, 5) is 18.5. The van der Waals surface area contributed by atoms with Crippen LogP contribution >= 0.6 is 0 Å². The molecule has 0 saturated heterocycles. The van der Waals surface area contributed by atoms with Crippen molar-refractivity contribution < 1.29 is 4.42 Å². The summed E-state index contributed by atoms with van der Waals surface area (Å²) in [6, 6.07) is 9.95. The number of pyridine rings is 1. The molecular weight excluding hydrogens is 428 g/mol. The van der Waals surface area contributed by atoms with Crippen LogP contribution in [0.15, 0.2) is 45.8 Å². The minimum absolute atomic E-state index is 0.0766. The third-order valence-electron chi connectivity index (χ3n) is 6.74. The van der Waals surface area contributed by atoms with Crippen LogP contribution in [0.5, 0.6) is 0 Å². The summed E-state index contributed by atoms with van der Waals surface area (Å²) in [5.74, 6) is 1.63. The van der Waals surface area contributed by atoms with Crippen LogP contribution in [0.4, 0.5) is 0 Å². The average Bonchev–Trinajstić information content (AvgIpc) is 3.48. The predicted molar refractivity (Wildman–Crippen MR) is 132 cm³/mol. The van der Waals surface area contributed by atoms with E-state index < -0.39 is 0 Å². The Morgan fingerprint density at radius 2 is 1.97 bits per heavy atom. The van der Waals surface area contributed by atoms with E-state index in [0.717, 1.165) is 40.9 Å². The van der Waals surface area contributed by atoms with E-state index in [0.29, 0.717) is 18.7 Å². The number of aromatic nitrogens is 5. The number of hydrogen-bond acceptors (Lipinski definition) is 6. The molecule has 0 aliphatic rings. The van der Waals surface area contributed by atoms with Gasteiger partial charge in [0, 0.05) is 12.1 Å².